The van der Waals surface area contributed by atoms with Crippen LogP contribution in [0.15, 0.2) is 0 Å². The summed E-state index contributed by atoms with van der Waals surface area (Å²) in [5.74, 6) is -1.01. The van der Waals surface area contributed by atoms with E-state index in [-0.39, 0.29) is 0 Å². The molecule has 0 spiro atoms. The molecule has 0 radical (unpaired) electrons. The average molecular weight is 197 g/mol. The zero-order chi connectivity index (χ0) is 8.65. The third-order valence-corrected chi connectivity index (χ3v) is 2.22. The number of urea groups is 1. The summed E-state index contributed by atoms with van der Waals surface area (Å²) in [6.45, 7) is 0. The van der Waals surface area contributed by atoms with E-state index in [0.717, 1.165) is 0 Å². The van der Waals surface area contributed by atoms with E-state index in [4.69, 9.17) is 28.9 Å². The zero-order valence-electron chi connectivity index (χ0n) is 5.43. The number of imide groups is 1. The maximum atomic E-state index is 10.9. The lowest BCUT2D eigenvalue weighted by Gasteiger charge is -1.98. The van der Waals surface area contributed by atoms with Crippen LogP contribution in [0.3, 0.4) is 0 Å². The first-order chi connectivity index (χ1) is 4.93. The first-order valence-electron chi connectivity index (χ1n) is 2.91. The normalized spacial score (nSPS) is 25.8. The van der Waals surface area contributed by atoms with Gasteiger partial charge in [-0.25, -0.2) is 4.79 Å². The topological polar surface area (TPSA) is 72.2 Å². The van der Waals surface area contributed by atoms with Gasteiger partial charge in [-0.1, -0.05) is 0 Å². The van der Waals surface area contributed by atoms with Crippen molar-refractivity contribution in [2.45, 2.75) is 10.8 Å². The molecule has 1 unspecified atom stereocenters. The SMILES string of the molecule is NC(=O)NC(=O)C1CC1(Cl)Cl. The summed E-state index contributed by atoms with van der Waals surface area (Å²) in [5.41, 5.74) is 4.69. The molecule has 3 amide bonds. The van der Waals surface area contributed by atoms with Crippen molar-refractivity contribution in [3.05, 3.63) is 0 Å². The fourth-order valence-electron chi connectivity index (χ4n) is 0.706. The predicted molar refractivity (Wildman–Crippen MR) is 40.3 cm³/mol. The Hall–Kier alpha value is -0.480. The minimum Gasteiger partial charge on any atom is -0.351 e. The second-order valence-corrected chi connectivity index (χ2v) is 3.91. The average Bonchev–Trinajstić information content (AvgIpc) is 2.38. The van der Waals surface area contributed by atoms with E-state index < -0.39 is 22.2 Å². The van der Waals surface area contributed by atoms with Crippen LogP contribution in [0, 0.1) is 5.92 Å². The van der Waals surface area contributed by atoms with Gasteiger partial charge in [-0.3, -0.25) is 10.1 Å². The van der Waals surface area contributed by atoms with Gasteiger partial charge in [0, 0.05) is 0 Å². The summed E-state index contributed by atoms with van der Waals surface area (Å²) in [4.78, 5) is 21.0. The largest absolute Gasteiger partial charge is 0.351 e. The molecule has 1 aliphatic rings. The molecular weight excluding hydrogens is 191 g/mol. The Morgan fingerprint density at radius 2 is 2.00 bits per heavy atom. The van der Waals surface area contributed by atoms with Crippen LogP contribution in [0.2, 0.25) is 0 Å². The van der Waals surface area contributed by atoms with Crippen molar-refractivity contribution < 1.29 is 9.59 Å². The highest BCUT2D eigenvalue weighted by Crippen LogP contribution is 2.53. The molecule has 11 heavy (non-hydrogen) atoms. The highest BCUT2D eigenvalue weighted by Gasteiger charge is 2.56. The second-order valence-electron chi connectivity index (χ2n) is 2.37. The molecule has 1 aliphatic carbocycles. The summed E-state index contributed by atoms with van der Waals surface area (Å²) in [7, 11) is 0. The van der Waals surface area contributed by atoms with E-state index in [0.29, 0.717) is 6.42 Å². The molecule has 1 saturated carbocycles. The number of halogens is 2. The molecule has 0 saturated heterocycles. The molecule has 0 heterocycles. The molecule has 4 nitrogen and oxygen atoms in total. The molecular formula is C5H6Cl2N2O2. The molecule has 62 valence electrons. The van der Waals surface area contributed by atoms with E-state index in [1.54, 1.807) is 0 Å². The number of primary amides is 1. The maximum absolute atomic E-state index is 10.9. The van der Waals surface area contributed by atoms with Gasteiger partial charge in [0.25, 0.3) is 0 Å². The van der Waals surface area contributed by atoms with Crippen LogP contribution in [0.25, 0.3) is 0 Å². The minimum absolute atomic E-state index is 0.370. The Morgan fingerprint density at radius 1 is 1.55 bits per heavy atom. The Bertz CT molecular complexity index is 217. The van der Waals surface area contributed by atoms with Crippen molar-refractivity contribution in [2.24, 2.45) is 11.7 Å². The van der Waals surface area contributed by atoms with Crippen molar-refractivity contribution in [3.63, 3.8) is 0 Å². The number of alkyl halides is 2. The van der Waals surface area contributed by atoms with Gasteiger partial charge in [0.15, 0.2) is 0 Å². The highest BCUT2D eigenvalue weighted by atomic mass is 35.5. The van der Waals surface area contributed by atoms with E-state index in [2.05, 4.69) is 0 Å². The van der Waals surface area contributed by atoms with Crippen molar-refractivity contribution in [1.82, 2.24) is 5.32 Å². The molecule has 6 heteroatoms. The lowest BCUT2D eigenvalue weighted by molar-refractivity contribution is -0.121. The van der Waals surface area contributed by atoms with Crippen LogP contribution in [0.4, 0.5) is 4.79 Å². The van der Waals surface area contributed by atoms with Crippen LogP contribution in [0.5, 0.6) is 0 Å². The fourth-order valence-corrected chi connectivity index (χ4v) is 1.21. The van der Waals surface area contributed by atoms with Gasteiger partial charge in [0.1, 0.15) is 4.33 Å². The molecule has 0 aliphatic heterocycles. The smallest absolute Gasteiger partial charge is 0.318 e. The summed E-state index contributed by atoms with van der Waals surface area (Å²) in [6.07, 6.45) is 0.370. The number of hydrogen-bond donors (Lipinski definition) is 2. The molecule has 0 aromatic heterocycles. The van der Waals surface area contributed by atoms with Crippen LogP contribution in [-0.4, -0.2) is 16.3 Å². The van der Waals surface area contributed by atoms with Crippen molar-refractivity contribution in [3.8, 4) is 0 Å². The van der Waals surface area contributed by atoms with Crippen LogP contribution in [0.1, 0.15) is 6.42 Å². The fraction of sp³-hybridized carbons (Fsp3) is 0.600. The van der Waals surface area contributed by atoms with Crippen molar-refractivity contribution in [2.75, 3.05) is 0 Å². The van der Waals surface area contributed by atoms with Gasteiger partial charge in [0.2, 0.25) is 5.91 Å². The van der Waals surface area contributed by atoms with Gasteiger partial charge in [-0.15, -0.1) is 23.2 Å². The first kappa shape index (κ1) is 8.62. The summed E-state index contributed by atoms with van der Waals surface area (Å²) in [6, 6.07) is -0.883. The Labute approximate surface area is 73.0 Å². The number of carbonyl (C=O) groups is 2. The van der Waals surface area contributed by atoms with Crippen LogP contribution in [-0.2, 0) is 4.79 Å². The molecule has 1 rings (SSSR count). The van der Waals surface area contributed by atoms with Gasteiger partial charge in [0.05, 0.1) is 5.92 Å². The zero-order valence-corrected chi connectivity index (χ0v) is 6.95. The quantitative estimate of drug-likeness (QED) is 0.596. The van der Waals surface area contributed by atoms with Gasteiger partial charge in [-0.2, -0.15) is 0 Å². The number of carbonyl (C=O) groups excluding carboxylic acids is 2. The van der Waals surface area contributed by atoms with E-state index in [1.807, 2.05) is 5.32 Å². The van der Waals surface area contributed by atoms with E-state index >= 15 is 0 Å². The number of rotatable bonds is 1. The molecule has 0 aromatic rings. The molecule has 0 aromatic carbocycles. The number of nitrogens with one attached hydrogen (secondary N) is 1. The highest BCUT2D eigenvalue weighted by molar-refractivity contribution is 6.52. The third kappa shape index (κ3) is 1.97. The van der Waals surface area contributed by atoms with Crippen molar-refractivity contribution >= 4 is 35.1 Å². The molecule has 0 bridgehead atoms. The van der Waals surface area contributed by atoms with Gasteiger partial charge < -0.3 is 5.73 Å². The number of amides is 3. The van der Waals surface area contributed by atoms with Crippen molar-refractivity contribution in [1.29, 1.82) is 0 Å². The monoisotopic (exact) mass is 196 g/mol. The maximum Gasteiger partial charge on any atom is 0.318 e. The Balaban J connectivity index is 2.40. The minimum atomic E-state index is -1.00. The summed E-state index contributed by atoms with van der Waals surface area (Å²) in [5, 5.41) is 1.89. The second kappa shape index (κ2) is 2.53. The predicted octanol–water partition coefficient (Wildman–Crippen LogP) is 0.375. The van der Waals surface area contributed by atoms with Gasteiger partial charge in [-0.05, 0) is 6.42 Å². The molecule has 3 N–H and O–H groups in total. The lowest BCUT2D eigenvalue weighted by atomic mass is 10.4. The number of nitrogens with two attached hydrogens (primary N) is 1. The van der Waals surface area contributed by atoms with Gasteiger partial charge >= 0.3 is 6.03 Å². The van der Waals surface area contributed by atoms with Crippen LogP contribution < -0.4 is 11.1 Å². The number of hydrogen-bond acceptors (Lipinski definition) is 2. The standard InChI is InChI=1S/C5H6Cl2N2O2/c6-5(7)1-2(5)3(10)9-4(8)11/h2H,1H2,(H3,8,9,10,11). The first-order valence-corrected chi connectivity index (χ1v) is 3.67. The Kier molecular flexibility index (Phi) is 1.98. The van der Waals surface area contributed by atoms with Crippen LogP contribution >= 0.6 is 23.2 Å². The van der Waals surface area contributed by atoms with E-state index in [9.17, 15) is 9.59 Å². The molecule has 1 atom stereocenters. The Morgan fingerprint density at radius 3 is 2.27 bits per heavy atom. The third-order valence-electron chi connectivity index (χ3n) is 1.39. The summed E-state index contributed by atoms with van der Waals surface area (Å²) >= 11 is 11.1. The summed E-state index contributed by atoms with van der Waals surface area (Å²) < 4.78 is -1.00. The van der Waals surface area contributed by atoms with E-state index in [1.165, 1.54) is 0 Å². The lowest BCUT2D eigenvalue weighted by Crippen LogP contribution is -2.36. The molecule has 1 fully saturated rings.